The van der Waals surface area contributed by atoms with E-state index in [1.54, 1.807) is 11.3 Å². The molecule has 0 saturated heterocycles. The fourth-order valence-electron chi connectivity index (χ4n) is 2.15. The predicted octanol–water partition coefficient (Wildman–Crippen LogP) is 3.82. The third-order valence-corrected chi connectivity index (χ3v) is 4.04. The first-order valence-corrected chi connectivity index (χ1v) is 8.39. The lowest BCUT2D eigenvalue weighted by molar-refractivity contribution is 0.263. The van der Waals surface area contributed by atoms with Crippen molar-refractivity contribution >= 4 is 22.8 Å². The van der Waals surface area contributed by atoms with E-state index in [2.05, 4.69) is 31.9 Å². The Bertz CT molecular complexity index is 722. The van der Waals surface area contributed by atoms with Gasteiger partial charge in [0.25, 0.3) is 0 Å². The van der Waals surface area contributed by atoms with Crippen LogP contribution in [0, 0.1) is 0 Å². The Morgan fingerprint density at radius 1 is 1.22 bits per heavy atom. The molecule has 0 atom stereocenters. The van der Waals surface area contributed by atoms with Gasteiger partial charge < -0.3 is 15.0 Å². The average molecular weight is 328 g/mol. The molecule has 3 rings (SSSR count). The molecule has 2 heterocycles. The maximum atomic E-state index is 6.02. The van der Waals surface area contributed by atoms with Gasteiger partial charge >= 0.3 is 0 Å². The minimum atomic E-state index is 0.604. The molecule has 120 valence electrons. The summed E-state index contributed by atoms with van der Waals surface area (Å²) in [7, 11) is 4.06. The number of nitrogens with zero attached hydrogens (tertiary/aromatic N) is 2. The third kappa shape index (κ3) is 3.91. The highest BCUT2D eigenvalue weighted by molar-refractivity contribution is 7.08. The van der Waals surface area contributed by atoms with E-state index in [1.165, 1.54) is 0 Å². The summed E-state index contributed by atoms with van der Waals surface area (Å²) in [5, 5.41) is 14.9. The molecule has 2 N–H and O–H groups in total. The smallest absolute Gasteiger partial charge is 0.195 e. The second-order valence-electron chi connectivity index (χ2n) is 5.43. The Balaban J connectivity index is 1.86. The highest BCUT2D eigenvalue weighted by Crippen LogP contribution is 2.36. The number of aromatic amines is 1. The van der Waals surface area contributed by atoms with Gasteiger partial charge in [0.1, 0.15) is 12.3 Å². The molecule has 0 aliphatic carbocycles. The molecule has 0 saturated carbocycles. The lowest BCUT2D eigenvalue weighted by Crippen LogP contribution is -2.19. The van der Waals surface area contributed by atoms with Crippen molar-refractivity contribution in [1.82, 2.24) is 15.1 Å². The molecule has 0 amide bonds. The molecule has 2 aromatic heterocycles. The summed E-state index contributed by atoms with van der Waals surface area (Å²) in [6, 6.07) is 12.0. The Morgan fingerprint density at radius 3 is 2.74 bits per heavy atom. The van der Waals surface area contributed by atoms with Gasteiger partial charge in [0.2, 0.25) is 0 Å². The molecule has 5 nitrogen and oxygen atoms in total. The molecule has 23 heavy (non-hydrogen) atoms. The predicted molar refractivity (Wildman–Crippen MR) is 95.7 cm³/mol. The zero-order valence-electron chi connectivity index (χ0n) is 13.2. The number of likely N-dealkylation sites (N-methyl/N-ethyl adjacent to an activating group) is 1. The summed E-state index contributed by atoms with van der Waals surface area (Å²) in [6.45, 7) is 1.45. The van der Waals surface area contributed by atoms with Gasteiger partial charge in [-0.3, -0.25) is 5.10 Å². The minimum Gasteiger partial charge on any atom is -0.486 e. The van der Waals surface area contributed by atoms with E-state index in [-0.39, 0.29) is 0 Å². The summed E-state index contributed by atoms with van der Waals surface area (Å²) in [6.07, 6.45) is 0. The Labute approximate surface area is 139 Å². The van der Waals surface area contributed by atoms with Gasteiger partial charge in [0.05, 0.1) is 0 Å². The van der Waals surface area contributed by atoms with Crippen LogP contribution in [0.3, 0.4) is 0 Å². The SMILES string of the molecule is CN(C)CCOc1c(Nc2ccccc2)n[nH]c1-c1ccsc1. The van der Waals surface area contributed by atoms with Crippen molar-refractivity contribution in [3.63, 3.8) is 0 Å². The Morgan fingerprint density at radius 2 is 2.04 bits per heavy atom. The molecule has 0 aliphatic heterocycles. The van der Waals surface area contributed by atoms with Gasteiger partial charge in [0, 0.05) is 23.2 Å². The number of ether oxygens (including phenoxy) is 1. The summed E-state index contributed by atoms with van der Waals surface area (Å²) >= 11 is 1.65. The molecule has 0 aliphatic rings. The van der Waals surface area contributed by atoms with E-state index in [4.69, 9.17) is 4.74 Å². The molecule has 6 heteroatoms. The number of para-hydroxylation sites is 1. The second-order valence-corrected chi connectivity index (χ2v) is 6.21. The van der Waals surface area contributed by atoms with Gasteiger partial charge in [-0.25, -0.2) is 0 Å². The van der Waals surface area contributed by atoms with Crippen LogP contribution < -0.4 is 10.1 Å². The zero-order chi connectivity index (χ0) is 16.1. The number of hydrogen-bond donors (Lipinski definition) is 2. The van der Waals surface area contributed by atoms with Crippen LogP contribution >= 0.6 is 11.3 Å². The average Bonchev–Trinajstić information content (AvgIpc) is 3.18. The van der Waals surface area contributed by atoms with E-state index < -0.39 is 0 Å². The number of H-pyrrole nitrogens is 1. The highest BCUT2D eigenvalue weighted by Gasteiger charge is 2.17. The maximum Gasteiger partial charge on any atom is 0.195 e. The van der Waals surface area contributed by atoms with Crippen molar-refractivity contribution < 1.29 is 4.74 Å². The first-order valence-electron chi connectivity index (χ1n) is 7.44. The summed E-state index contributed by atoms with van der Waals surface area (Å²) in [5.41, 5.74) is 2.97. The van der Waals surface area contributed by atoms with Crippen molar-refractivity contribution in [3.05, 3.63) is 47.2 Å². The first-order chi connectivity index (χ1) is 11.2. The maximum absolute atomic E-state index is 6.02. The Kier molecular flexibility index (Phi) is 4.95. The van der Waals surface area contributed by atoms with Crippen molar-refractivity contribution in [3.8, 4) is 17.0 Å². The highest BCUT2D eigenvalue weighted by atomic mass is 32.1. The molecule has 0 spiro atoms. The quantitative estimate of drug-likeness (QED) is 0.692. The molecule has 3 aromatic rings. The van der Waals surface area contributed by atoms with Crippen LogP contribution in [0.1, 0.15) is 0 Å². The van der Waals surface area contributed by atoms with E-state index in [0.29, 0.717) is 12.4 Å². The normalized spacial score (nSPS) is 10.9. The Hall–Kier alpha value is -2.31. The van der Waals surface area contributed by atoms with Crippen LogP contribution in [-0.4, -0.2) is 42.3 Å². The van der Waals surface area contributed by atoms with Crippen molar-refractivity contribution in [2.45, 2.75) is 0 Å². The lowest BCUT2D eigenvalue weighted by atomic mass is 10.2. The second kappa shape index (κ2) is 7.30. The molecule has 0 fully saturated rings. The third-order valence-electron chi connectivity index (χ3n) is 3.35. The van der Waals surface area contributed by atoms with E-state index in [1.807, 2.05) is 49.8 Å². The molecule has 0 unspecified atom stereocenters. The summed E-state index contributed by atoms with van der Waals surface area (Å²) in [5.74, 6) is 1.46. The number of rotatable bonds is 7. The van der Waals surface area contributed by atoms with E-state index in [0.717, 1.165) is 29.2 Å². The molecular formula is C17H20N4OS. The van der Waals surface area contributed by atoms with Crippen LogP contribution in [0.4, 0.5) is 11.5 Å². The van der Waals surface area contributed by atoms with Crippen molar-refractivity contribution in [1.29, 1.82) is 0 Å². The first kappa shape index (κ1) is 15.6. The minimum absolute atomic E-state index is 0.604. The van der Waals surface area contributed by atoms with Crippen LogP contribution in [0.15, 0.2) is 47.2 Å². The largest absolute Gasteiger partial charge is 0.486 e. The number of aromatic nitrogens is 2. The standard InChI is InChI=1S/C17H20N4OS/c1-21(2)9-10-22-16-15(13-8-11-23-12-13)19-20-17(16)18-14-6-4-3-5-7-14/h3-8,11-12H,9-10H2,1-2H3,(H2,18,19,20). The van der Waals surface area contributed by atoms with Gasteiger partial charge in [0.15, 0.2) is 11.6 Å². The van der Waals surface area contributed by atoms with Gasteiger partial charge in [-0.05, 0) is 37.7 Å². The fourth-order valence-corrected chi connectivity index (χ4v) is 2.79. The number of thiophene rings is 1. The fraction of sp³-hybridized carbons (Fsp3) is 0.235. The molecule has 1 aromatic carbocycles. The summed E-state index contributed by atoms with van der Waals surface area (Å²) < 4.78 is 6.02. The number of benzene rings is 1. The van der Waals surface area contributed by atoms with E-state index >= 15 is 0 Å². The molecular weight excluding hydrogens is 308 g/mol. The van der Waals surface area contributed by atoms with Crippen LogP contribution in [0.25, 0.3) is 11.3 Å². The van der Waals surface area contributed by atoms with Gasteiger partial charge in [-0.1, -0.05) is 18.2 Å². The lowest BCUT2D eigenvalue weighted by Gasteiger charge is -2.12. The van der Waals surface area contributed by atoms with Gasteiger partial charge in [-0.2, -0.15) is 16.4 Å². The van der Waals surface area contributed by atoms with Gasteiger partial charge in [-0.15, -0.1) is 0 Å². The van der Waals surface area contributed by atoms with Crippen molar-refractivity contribution in [2.75, 3.05) is 32.6 Å². The number of anilines is 2. The summed E-state index contributed by atoms with van der Waals surface area (Å²) in [4.78, 5) is 2.09. The zero-order valence-corrected chi connectivity index (χ0v) is 14.1. The monoisotopic (exact) mass is 328 g/mol. The number of hydrogen-bond acceptors (Lipinski definition) is 5. The molecule has 0 bridgehead atoms. The number of nitrogens with one attached hydrogen (secondary N) is 2. The topological polar surface area (TPSA) is 53.2 Å². The van der Waals surface area contributed by atoms with E-state index in [9.17, 15) is 0 Å². The van der Waals surface area contributed by atoms with Crippen molar-refractivity contribution in [2.24, 2.45) is 0 Å². The van der Waals surface area contributed by atoms with Crippen LogP contribution in [0.5, 0.6) is 5.75 Å². The molecule has 0 radical (unpaired) electrons. The van der Waals surface area contributed by atoms with Crippen LogP contribution in [0.2, 0.25) is 0 Å². The van der Waals surface area contributed by atoms with Crippen LogP contribution in [-0.2, 0) is 0 Å².